The summed E-state index contributed by atoms with van der Waals surface area (Å²) in [6, 6.07) is 3.84. The summed E-state index contributed by atoms with van der Waals surface area (Å²) in [6.45, 7) is 3.92. The summed E-state index contributed by atoms with van der Waals surface area (Å²) in [5.74, 6) is -0.336. The van der Waals surface area contributed by atoms with Crippen LogP contribution in [0.2, 0.25) is 0 Å². The summed E-state index contributed by atoms with van der Waals surface area (Å²) in [7, 11) is 0. The van der Waals surface area contributed by atoms with Crippen molar-refractivity contribution in [3.63, 3.8) is 0 Å². The second-order valence-corrected chi connectivity index (χ2v) is 6.86. The summed E-state index contributed by atoms with van der Waals surface area (Å²) in [6.07, 6.45) is 6.25. The van der Waals surface area contributed by atoms with Gasteiger partial charge in [0.1, 0.15) is 5.00 Å². The smallest absolute Gasteiger partial charge is 0.342 e. The van der Waals surface area contributed by atoms with Gasteiger partial charge in [-0.1, -0.05) is 0 Å². The van der Waals surface area contributed by atoms with E-state index in [0.29, 0.717) is 18.4 Å². The molecule has 0 bridgehead atoms. The molecule has 1 atom stereocenters. The molecule has 0 N–H and O–H groups in total. The first-order chi connectivity index (χ1) is 10.6. The zero-order chi connectivity index (χ0) is 15.7. The van der Waals surface area contributed by atoms with Crippen LogP contribution in [0.3, 0.4) is 0 Å². The van der Waals surface area contributed by atoms with Crippen LogP contribution in [0.25, 0.3) is 5.00 Å². The zero-order valence-corrected chi connectivity index (χ0v) is 13.6. The van der Waals surface area contributed by atoms with Gasteiger partial charge in [-0.05, 0) is 50.8 Å². The van der Waals surface area contributed by atoms with Crippen molar-refractivity contribution in [1.29, 1.82) is 0 Å². The highest BCUT2D eigenvalue weighted by Crippen LogP contribution is 2.32. The molecule has 1 saturated carbocycles. The Kier molecular flexibility index (Phi) is 4.16. The Morgan fingerprint density at radius 2 is 2.00 bits per heavy atom. The second kappa shape index (κ2) is 6.08. The summed E-state index contributed by atoms with van der Waals surface area (Å²) in [5.41, 5.74) is 1.51. The largest absolute Gasteiger partial charge is 0.451 e. The molecule has 0 spiro atoms. The van der Waals surface area contributed by atoms with Gasteiger partial charge in [-0.2, -0.15) is 0 Å². The van der Waals surface area contributed by atoms with Crippen molar-refractivity contribution in [2.75, 3.05) is 0 Å². The molecule has 0 unspecified atom stereocenters. The van der Waals surface area contributed by atoms with Gasteiger partial charge < -0.3 is 9.30 Å². The predicted molar refractivity (Wildman–Crippen MR) is 85.8 cm³/mol. The highest BCUT2D eigenvalue weighted by Gasteiger charge is 2.29. The quantitative estimate of drug-likeness (QED) is 0.809. The van der Waals surface area contributed by atoms with E-state index in [1.54, 1.807) is 11.3 Å². The fourth-order valence-corrected chi connectivity index (χ4v) is 3.88. The first-order valence-corrected chi connectivity index (χ1v) is 8.36. The van der Waals surface area contributed by atoms with E-state index >= 15 is 0 Å². The van der Waals surface area contributed by atoms with Crippen molar-refractivity contribution in [1.82, 2.24) is 4.57 Å². The Bertz CT molecular complexity index is 700. The molecule has 3 rings (SSSR count). The molecule has 2 heterocycles. The van der Waals surface area contributed by atoms with Gasteiger partial charge >= 0.3 is 5.97 Å². The maximum atomic E-state index is 12.6. The number of Topliss-reactive ketones (excluding diaryl/α,β-unsaturated/α-hetero) is 1. The number of hydrogen-bond acceptors (Lipinski definition) is 4. The third kappa shape index (κ3) is 2.73. The van der Waals surface area contributed by atoms with E-state index in [4.69, 9.17) is 4.74 Å². The van der Waals surface area contributed by atoms with Gasteiger partial charge in [0.15, 0.2) is 11.9 Å². The van der Waals surface area contributed by atoms with Crippen molar-refractivity contribution in [3.8, 4) is 5.00 Å². The lowest BCUT2D eigenvalue weighted by molar-refractivity contribution is -0.129. The van der Waals surface area contributed by atoms with Crippen LogP contribution in [0.15, 0.2) is 24.5 Å². The van der Waals surface area contributed by atoms with Gasteiger partial charge in [0.05, 0.1) is 5.56 Å². The Balaban J connectivity index is 1.90. The molecule has 0 radical (unpaired) electrons. The summed E-state index contributed by atoms with van der Waals surface area (Å²) in [4.78, 5) is 25.6. The van der Waals surface area contributed by atoms with Crippen LogP contribution >= 0.6 is 11.3 Å². The van der Waals surface area contributed by atoms with E-state index in [9.17, 15) is 9.59 Å². The van der Waals surface area contributed by atoms with Crippen LogP contribution in [-0.2, 0) is 9.53 Å². The minimum absolute atomic E-state index is 0.0479. The Hall–Kier alpha value is -1.88. The number of rotatable bonds is 3. The van der Waals surface area contributed by atoms with E-state index in [-0.39, 0.29) is 11.8 Å². The highest BCUT2D eigenvalue weighted by atomic mass is 32.1. The number of nitrogens with zero attached hydrogens (tertiary/aromatic N) is 1. The van der Waals surface area contributed by atoms with Crippen molar-refractivity contribution >= 4 is 23.1 Å². The molecular weight excluding hydrogens is 298 g/mol. The van der Waals surface area contributed by atoms with Crippen molar-refractivity contribution in [2.24, 2.45) is 0 Å². The van der Waals surface area contributed by atoms with Gasteiger partial charge in [0.2, 0.25) is 0 Å². The fraction of sp³-hybridized carbons (Fsp3) is 0.412. The number of aryl methyl sites for hydroxylation is 1. The van der Waals surface area contributed by atoms with Gasteiger partial charge in [0, 0.05) is 23.7 Å². The topological polar surface area (TPSA) is 48.3 Å². The SMILES string of the molecule is Cc1sc(-n2cccc2)c(C(=O)O[C@H]2CCCCC2=O)c1C. The average Bonchev–Trinajstić information content (AvgIpc) is 3.11. The zero-order valence-electron chi connectivity index (χ0n) is 12.8. The maximum Gasteiger partial charge on any atom is 0.342 e. The Morgan fingerprint density at radius 1 is 1.27 bits per heavy atom. The third-order valence-electron chi connectivity index (χ3n) is 4.16. The average molecular weight is 317 g/mol. The van der Waals surface area contributed by atoms with Crippen LogP contribution in [0.4, 0.5) is 0 Å². The number of ether oxygens (including phenoxy) is 1. The predicted octanol–water partition coefficient (Wildman–Crippen LogP) is 3.82. The van der Waals surface area contributed by atoms with Crippen LogP contribution in [0.5, 0.6) is 0 Å². The molecule has 116 valence electrons. The molecule has 1 aliphatic rings. The molecule has 1 aliphatic carbocycles. The van der Waals surface area contributed by atoms with Crippen molar-refractivity contribution < 1.29 is 14.3 Å². The minimum atomic E-state index is -0.571. The molecule has 2 aromatic rings. The first kappa shape index (κ1) is 15.0. The normalized spacial score (nSPS) is 18.5. The lowest BCUT2D eigenvalue weighted by Gasteiger charge is -2.21. The second-order valence-electron chi connectivity index (χ2n) is 5.66. The maximum absolute atomic E-state index is 12.6. The van der Waals surface area contributed by atoms with E-state index in [1.807, 2.05) is 42.9 Å². The number of esters is 1. The molecule has 0 saturated heterocycles. The molecule has 5 heteroatoms. The van der Waals surface area contributed by atoms with E-state index in [0.717, 1.165) is 28.3 Å². The standard InChI is InChI=1S/C17H19NO3S/c1-11-12(2)22-16(18-9-5-6-10-18)15(11)17(20)21-14-8-4-3-7-13(14)19/h5-6,9-10,14H,3-4,7-8H2,1-2H3/t14-/m0/s1. The number of aromatic nitrogens is 1. The lowest BCUT2D eigenvalue weighted by Crippen LogP contribution is -2.30. The van der Waals surface area contributed by atoms with E-state index in [2.05, 4.69) is 0 Å². The number of carbonyl (C=O) groups is 2. The van der Waals surface area contributed by atoms with Crippen molar-refractivity contribution in [2.45, 2.75) is 45.6 Å². The van der Waals surface area contributed by atoms with Gasteiger partial charge in [-0.15, -0.1) is 11.3 Å². The number of ketones is 1. The molecule has 1 fully saturated rings. The summed E-state index contributed by atoms with van der Waals surface area (Å²) >= 11 is 1.57. The molecular formula is C17H19NO3S. The summed E-state index contributed by atoms with van der Waals surface area (Å²) < 4.78 is 7.45. The molecule has 0 amide bonds. The van der Waals surface area contributed by atoms with Gasteiger partial charge in [-0.3, -0.25) is 4.79 Å². The molecule has 22 heavy (non-hydrogen) atoms. The van der Waals surface area contributed by atoms with E-state index < -0.39 is 6.10 Å². The molecule has 2 aromatic heterocycles. The Labute approximate surface area is 133 Å². The number of thiophene rings is 1. The van der Waals surface area contributed by atoms with Crippen LogP contribution < -0.4 is 0 Å². The third-order valence-corrected chi connectivity index (χ3v) is 5.38. The fourth-order valence-electron chi connectivity index (χ4n) is 2.76. The van der Waals surface area contributed by atoms with Crippen LogP contribution in [0, 0.1) is 13.8 Å². The van der Waals surface area contributed by atoms with Crippen molar-refractivity contribution in [3.05, 3.63) is 40.5 Å². The van der Waals surface area contributed by atoms with Gasteiger partial charge in [0.25, 0.3) is 0 Å². The molecule has 0 aromatic carbocycles. The van der Waals surface area contributed by atoms with Crippen LogP contribution in [-0.4, -0.2) is 22.4 Å². The lowest BCUT2D eigenvalue weighted by atomic mass is 9.96. The molecule has 4 nitrogen and oxygen atoms in total. The highest BCUT2D eigenvalue weighted by molar-refractivity contribution is 7.15. The summed E-state index contributed by atoms with van der Waals surface area (Å²) in [5, 5.41) is 0.855. The number of carbonyl (C=O) groups excluding carboxylic acids is 2. The number of hydrogen-bond donors (Lipinski definition) is 0. The van der Waals surface area contributed by atoms with Crippen LogP contribution in [0.1, 0.15) is 46.5 Å². The van der Waals surface area contributed by atoms with E-state index in [1.165, 1.54) is 0 Å². The van der Waals surface area contributed by atoms with Gasteiger partial charge in [-0.25, -0.2) is 4.79 Å². The molecule has 0 aliphatic heterocycles. The minimum Gasteiger partial charge on any atom is -0.451 e. The Morgan fingerprint density at radius 3 is 2.68 bits per heavy atom. The monoisotopic (exact) mass is 317 g/mol. The first-order valence-electron chi connectivity index (χ1n) is 7.55.